The van der Waals surface area contributed by atoms with Crippen molar-refractivity contribution in [1.29, 1.82) is 0 Å². The second-order valence-electron chi connectivity index (χ2n) is 8.20. The van der Waals surface area contributed by atoms with E-state index in [1.165, 1.54) is 22.0 Å². The van der Waals surface area contributed by atoms with E-state index in [0.29, 0.717) is 16.7 Å². The standard InChI is InChI=1S/C22H26N6OS/c1-22(2,3)15-9-11-16(12-10-15)29-13-19-25-26-21(28(19)23)30-14-20-24-17-7-5-6-8-18(17)27(20)4/h5-12H,13-14,23H2,1-4H3. The van der Waals surface area contributed by atoms with Gasteiger partial charge in [-0.3, -0.25) is 0 Å². The molecule has 2 aromatic carbocycles. The predicted molar refractivity (Wildman–Crippen MR) is 120 cm³/mol. The Kier molecular flexibility index (Phi) is 5.42. The van der Waals surface area contributed by atoms with Crippen LogP contribution in [0, 0.1) is 0 Å². The van der Waals surface area contributed by atoms with Gasteiger partial charge in [-0.25, -0.2) is 9.66 Å². The number of ether oxygens (including phenoxy) is 1. The predicted octanol–water partition coefficient (Wildman–Crippen LogP) is 4.05. The molecule has 0 aliphatic carbocycles. The van der Waals surface area contributed by atoms with Gasteiger partial charge in [0.1, 0.15) is 18.2 Å². The van der Waals surface area contributed by atoms with Crippen LogP contribution in [0.1, 0.15) is 38.0 Å². The summed E-state index contributed by atoms with van der Waals surface area (Å²) in [6.07, 6.45) is 0. The topological polar surface area (TPSA) is 83.8 Å². The fourth-order valence-corrected chi connectivity index (χ4v) is 4.02. The molecule has 7 nitrogen and oxygen atoms in total. The van der Waals surface area contributed by atoms with Gasteiger partial charge in [0.05, 0.1) is 16.8 Å². The van der Waals surface area contributed by atoms with Crippen LogP contribution in [-0.4, -0.2) is 24.4 Å². The zero-order valence-corrected chi connectivity index (χ0v) is 18.5. The molecule has 2 heterocycles. The number of rotatable bonds is 6. The third kappa shape index (κ3) is 4.14. The largest absolute Gasteiger partial charge is 0.486 e. The monoisotopic (exact) mass is 422 g/mol. The number of benzene rings is 2. The Hall–Kier alpha value is -3.00. The number of aryl methyl sites for hydroxylation is 1. The van der Waals surface area contributed by atoms with Crippen LogP contribution >= 0.6 is 11.8 Å². The highest BCUT2D eigenvalue weighted by atomic mass is 32.2. The number of hydrogen-bond donors (Lipinski definition) is 1. The third-order valence-corrected chi connectivity index (χ3v) is 5.97. The summed E-state index contributed by atoms with van der Waals surface area (Å²) >= 11 is 1.50. The van der Waals surface area contributed by atoms with Gasteiger partial charge >= 0.3 is 0 Å². The van der Waals surface area contributed by atoms with Crippen molar-refractivity contribution in [1.82, 2.24) is 24.4 Å². The lowest BCUT2D eigenvalue weighted by Crippen LogP contribution is -2.16. The van der Waals surface area contributed by atoms with E-state index in [1.54, 1.807) is 0 Å². The van der Waals surface area contributed by atoms with Gasteiger partial charge in [-0.2, -0.15) is 0 Å². The normalized spacial score (nSPS) is 11.9. The van der Waals surface area contributed by atoms with Crippen molar-refractivity contribution in [2.24, 2.45) is 7.05 Å². The van der Waals surface area contributed by atoms with Crippen LogP contribution in [0.2, 0.25) is 0 Å². The van der Waals surface area contributed by atoms with Gasteiger partial charge in [-0.05, 0) is 35.2 Å². The maximum absolute atomic E-state index is 6.19. The first-order chi connectivity index (χ1) is 14.3. The Balaban J connectivity index is 1.39. The highest BCUT2D eigenvalue weighted by molar-refractivity contribution is 7.98. The molecule has 0 aliphatic heterocycles. The molecular weight excluding hydrogens is 396 g/mol. The molecule has 0 saturated carbocycles. The zero-order chi connectivity index (χ0) is 21.3. The van der Waals surface area contributed by atoms with E-state index in [1.807, 2.05) is 37.4 Å². The number of hydrogen-bond acceptors (Lipinski definition) is 6. The number of nitrogens with two attached hydrogens (primary N) is 1. The van der Waals surface area contributed by atoms with Crippen LogP contribution in [0.3, 0.4) is 0 Å². The molecule has 2 aromatic heterocycles. The Labute approximate surface area is 180 Å². The van der Waals surface area contributed by atoms with Gasteiger partial charge in [0.15, 0.2) is 5.82 Å². The van der Waals surface area contributed by atoms with Gasteiger partial charge in [0.2, 0.25) is 5.16 Å². The van der Waals surface area contributed by atoms with Crippen molar-refractivity contribution in [3.63, 3.8) is 0 Å². The van der Waals surface area contributed by atoms with Crippen molar-refractivity contribution < 1.29 is 4.74 Å². The number of nitrogens with zero attached hydrogens (tertiary/aromatic N) is 5. The molecule has 2 N–H and O–H groups in total. The molecule has 0 atom stereocenters. The fraction of sp³-hybridized carbons (Fsp3) is 0.318. The van der Waals surface area contributed by atoms with Crippen LogP contribution in [0.15, 0.2) is 53.7 Å². The second kappa shape index (κ2) is 8.02. The lowest BCUT2D eigenvalue weighted by atomic mass is 9.87. The lowest BCUT2D eigenvalue weighted by Gasteiger charge is -2.19. The Morgan fingerprint density at radius 1 is 1.00 bits per heavy atom. The van der Waals surface area contributed by atoms with Gasteiger partial charge in [-0.15, -0.1) is 10.2 Å². The van der Waals surface area contributed by atoms with Crippen molar-refractivity contribution >= 4 is 22.8 Å². The van der Waals surface area contributed by atoms with Crippen molar-refractivity contribution in [3.05, 3.63) is 65.7 Å². The summed E-state index contributed by atoms with van der Waals surface area (Å²) < 4.78 is 9.42. The number of para-hydroxylation sites is 2. The van der Waals surface area contributed by atoms with E-state index in [2.05, 4.69) is 58.7 Å². The molecule has 156 valence electrons. The number of aromatic nitrogens is 5. The minimum atomic E-state index is 0.112. The van der Waals surface area contributed by atoms with Crippen LogP contribution in [0.5, 0.6) is 5.75 Å². The summed E-state index contributed by atoms with van der Waals surface area (Å²) in [7, 11) is 2.02. The Bertz CT molecular complexity index is 1160. The molecule has 0 bridgehead atoms. The average Bonchev–Trinajstić information content (AvgIpc) is 3.24. The van der Waals surface area contributed by atoms with Crippen molar-refractivity contribution in [2.45, 2.75) is 43.7 Å². The molecule has 30 heavy (non-hydrogen) atoms. The molecule has 0 fully saturated rings. The number of thioether (sulfide) groups is 1. The van der Waals surface area contributed by atoms with Crippen LogP contribution in [0.25, 0.3) is 11.0 Å². The molecular formula is C22H26N6OS. The molecule has 0 radical (unpaired) electrons. The summed E-state index contributed by atoms with van der Waals surface area (Å²) in [5.74, 6) is 9.15. The molecule has 0 unspecified atom stereocenters. The van der Waals surface area contributed by atoms with Crippen molar-refractivity contribution in [3.8, 4) is 5.75 Å². The summed E-state index contributed by atoms with van der Waals surface area (Å²) in [6, 6.07) is 16.2. The maximum Gasteiger partial charge on any atom is 0.210 e. The smallest absolute Gasteiger partial charge is 0.210 e. The quantitative estimate of drug-likeness (QED) is 0.373. The molecule has 8 heteroatoms. The molecule has 0 amide bonds. The molecule has 0 saturated heterocycles. The summed E-state index contributed by atoms with van der Waals surface area (Å²) in [4.78, 5) is 4.68. The summed E-state index contributed by atoms with van der Waals surface area (Å²) in [6.45, 7) is 6.82. The van der Waals surface area contributed by atoms with E-state index in [-0.39, 0.29) is 12.0 Å². The lowest BCUT2D eigenvalue weighted by molar-refractivity contribution is 0.291. The van der Waals surface area contributed by atoms with E-state index in [4.69, 9.17) is 10.6 Å². The maximum atomic E-state index is 6.19. The first kappa shape index (κ1) is 20.3. The average molecular weight is 423 g/mol. The summed E-state index contributed by atoms with van der Waals surface area (Å²) in [5, 5.41) is 9.02. The fourth-order valence-electron chi connectivity index (χ4n) is 3.16. The number of imidazole rings is 1. The minimum absolute atomic E-state index is 0.112. The van der Waals surface area contributed by atoms with E-state index < -0.39 is 0 Å². The van der Waals surface area contributed by atoms with Gasteiger partial charge in [0, 0.05) is 7.05 Å². The highest BCUT2D eigenvalue weighted by Crippen LogP contribution is 2.25. The number of fused-ring (bicyclic) bond motifs is 1. The molecule has 4 rings (SSSR count). The first-order valence-corrected chi connectivity index (χ1v) is 10.8. The van der Waals surface area contributed by atoms with E-state index in [0.717, 1.165) is 22.6 Å². The van der Waals surface area contributed by atoms with Crippen LogP contribution in [0.4, 0.5) is 0 Å². The SMILES string of the molecule is Cn1c(CSc2nnc(COc3ccc(C(C)(C)C)cc3)n2N)nc2ccccc21. The second-order valence-corrected chi connectivity index (χ2v) is 9.14. The van der Waals surface area contributed by atoms with Crippen molar-refractivity contribution in [2.75, 3.05) is 5.84 Å². The third-order valence-electron chi connectivity index (χ3n) is 5.03. The van der Waals surface area contributed by atoms with E-state index in [9.17, 15) is 0 Å². The van der Waals surface area contributed by atoms with Crippen LogP contribution < -0.4 is 10.6 Å². The minimum Gasteiger partial charge on any atom is -0.486 e. The number of nitrogen functional groups attached to an aromatic ring is 1. The van der Waals surface area contributed by atoms with Gasteiger partial charge in [0.25, 0.3) is 0 Å². The van der Waals surface area contributed by atoms with Gasteiger partial charge < -0.3 is 15.1 Å². The first-order valence-electron chi connectivity index (χ1n) is 9.79. The summed E-state index contributed by atoms with van der Waals surface area (Å²) in [5.41, 5.74) is 3.46. The molecule has 0 aliphatic rings. The Morgan fingerprint density at radius 3 is 2.43 bits per heavy atom. The van der Waals surface area contributed by atoms with Crippen LogP contribution in [-0.2, 0) is 24.8 Å². The van der Waals surface area contributed by atoms with Gasteiger partial charge in [-0.1, -0.05) is 56.8 Å². The van der Waals surface area contributed by atoms with E-state index >= 15 is 0 Å². The zero-order valence-electron chi connectivity index (χ0n) is 17.7. The molecule has 0 spiro atoms. The Morgan fingerprint density at radius 2 is 1.73 bits per heavy atom. The molecule has 4 aromatic rings. The highest BCUT2D eigenvalue weighted by Gasteiger charge is 2.15.